The summed E-state index contributed by atoms with van der Waals surface area (Å²) in [5.74, 6) is 0.352. The average Bonchev–Trinajstić information content (AvgIpc) is 3.24. The Morgan fingerprint density at radius 3 is 2.26 bits per heavy atom. The molecule has 0 bridgehead atoms. The molecular formula is C20H16N2O5. The molecule has 0 aliphatic carbocycles. The first-order chi connectivity index (χ1) is 13.1. The molecule has 136 valence electrons. The van der Waals surface area contributed by atoms with Gasteiger partial charge in [0.1, 0.15) is 6.54 Å². The second-order valence-electron chi connectivity index (χ2n) is 6.78. The number of amides is 3. The Bertz CT molecular complexity index is 965. The molecule has 0 atom stereocenters. The maximum Gasteiger partial charge on any atom is 0.262 e. The van der Waals surface area contributed by atoms with E-state index in [9.17, 15) is 14.4 Å². The van der Waals surface area contributed by atoms with Crippen LogP contribution in [0.25, 0.3) is 0 Å². The number of hydrogen-bond acceptors (Lipinski definition) is 5. The molecule has 2 aromatic rings. The van der Waals surface area contributed by atoms with Crippen molar-refractivity contribution in [2.24, 2.45) is 0 Å². The van der Waals surface area contributed by atoms with Gasteiger partial charge in [-0.3, -0.25) is 19.3 Å². The van der Waals surface area contributed by atoms with Crippen LogP contribution in [0.4, 0.5) is 0 Å². The molecule has 3 amide bonds. The zero-order chi connectivity index (χ0) is 18.5. The highest BCUT2D eigenvalue weighted by molar-refractivity contribution is 6.22. The minimum Gasteiger partial charge on any atom is -0.454 e. The summed E-state index contributed by atoms with van der Waals surface area (Å²) in [5, 5.41) is 0. The van der Waals surface area contributed by atoms with Crippen molar-refractivity contribution in [1.29, 1.82) is 0 Å². The van der Waals surface area contributed by atoms with E-state index in [-0.39, 0.29) is 19.2 Å². The van der Waals surface area contributed by atoms with Crippen LogP contribution in [0, 0.1) is 0 Å². The van der Waals surface area contributed by atoms with E-state index in [0.717, 1.165) is 21.8 Å². The molecular weight excluding hydrogens is 348 g/mol. The minimum absolute atomic E-state index is 0.209. The van der Waals surface area contributed by atoms with E-state index in [0.29, 0.717) is 36.4 Å². The van der Waals surface area contributed by atoms with Gasteiger partial charge >= 0.3 is 0 Å². The maximum absolute atomic E-state index is 12.8. The minimum atomic E-state index is -0.412. The third kappa shape index (κ3) is 2.46. The third-order valence-corrected chi connectivity index (χ3v) is 5.23. The zero-order valence-electron chi connectivity index (χ0n) is 14.4. The van der Waals surface area contributed by atoms with Crippen molar-refractivity contribution in [3.63, 3.8) is 0 Å². The molecule has 0 N–H and O–H groups in total. The number of ether oxygens (including phenoxy) is 2. The maximum atomic E-state index is 12.8. The van der Waals surface area contributed by atoms with E-state index in [1.54, 1.807) is 29.2 Å². The van der Waals surface area contributed by atoms with Gasteiger partial charge < -0.3 is 14.4 Å². The summed E-state index contributed by atoms with van der Waals surface area (Å²) in [5.41, 5.74) is 2.84. The van der Waals surface area contributed by atoms with Gasteiger partial charge in [-0.15, -0.1) is 0 Å². The molecule has 0 spiro atoms. The first-order valence-electron chi connectivity index (χ1n) is 8.76. The van der Waals surface area contributed by atoms with Crippen LogP contribution in [0.2, 0.25) is 0 Å². The quantitative estimate of drug-likeness (QED) is 0.757. The monoisotopic (exact) mass is 364 g/mol. The second-order valence-corrected chi connectivity index (χ2v) is 6.78. The van der Waals surface area contributed by atoms with E-state index in [1.807, 2.05) is 12.1 Å². The van der Waals surface area contributed by atoms with Gasteiger partial charge in [-0.1, -0.05) is 12.1 Å². The van der Waals surface area contributed by atoms with Gasteiger partial charge in [-0.2, -0.15) is 0 Å². The van der Waals surface area contributed by atoms with Crippen molar-refractivity contribution in [3.8, 4) is 11.5 Å². The summed E-state index contributed by atoms with van der Waals surface area (Å²) in [4.78, 5) is 40.4. The number of fused-ring (bicyclic) bond motifs is 3. The van der Waals surface area contributed by atoms with Crippen LogP contribution in [-0.4, -0.2) is 47.4 Å². The number of imide groups is 1. The van der Waals surface area contributed by atoms with Crippen LogP contribution in [0.1, 0.15) is 31.8 Å². The number of benzene rings is 2. The highest BCUT2D eigenvalue weighted by Gasteiger charge is 2.37. The normalized spacial score (nSPS) is 17.2. The molecule has 0 fully saturated rings. The lowest BCUT2D eigenvalue weighted by Gasteiger charge is -2.30. The fourth-order valence-electron chi connectivity index (χ4n) is 3.78. The lowest BCUT2D eigenvalue weighted by Crippen LogP contribution is -2.44. The lowest BCUT2D eigenvalue weighted by molar-refractivity contribution is -0.132. The molecule has 7 heteroatoms. The first-order valence-corrected chi connectivity index (χ1v) is 8.76. The van der Waals surface area contributed by atoms with Crippen molar-refractivity contribution in [1.82, 2.24) is 9.80 Å². The summed E-state index contributed by atoms with van der Waals surface area (Å²) in [6.07, 6.45) is 0.694. The molecule has 27 heavy (non-hydrogen) atoms. The van der Waals surface area contributed by atoms with Crippen molar-refractivity contribution in [3.05, 3.63) is 58.7 Å². The zero-order valence-corrected chi connectivity index (χ0v) is 14.4. The third-order valence-electron chi connectivity index (χ3n) is 5.23. The molecule has 3 heterocycles. The number of carbonyl (C=O) groups excluding carboxylic acids is 3. The number of hydrogen-bond donors (Lipinski definition) is 0. The Balaban J connectivity index is 1.33. The Kier molecular flexibility index (Phi) is 3.43. The fraction of sp³-hybridized carbons (Fsp3) is 0.250. The van der Waals surface area contributed by atoms with Gasteiger partial charge in [-0.25, -0.2) is 0 Å². The molecule has 2 aromatic carbocycles. The van der Waals surface area contributed by atoms with Crippen molar-refractivity contribution in [2.75, 3.05) is 19.9 Å². The Morgan fingerprint density at radius 2 is 1.59 bits per heavy atom. The van der Waals surface area contributed by atoms with Gasteiger partial charge in [0.05, 0.1) is 11.1 Å². The predicted molar refractivity (Wildman–Crippen MR) is 93.5 cm³/mol. The van der Waals surface area contributed by atoms with Crippen LogP contribution in [-0.2, 0) is 17.8 Å². The van der Waals surface area contributed by atoms with Crippen LogP contribution in [0.3, 0.4) is 0 Å². The lowest BCUT2D eigenvalue weighted by atomic mass is 9.99. The molecule has 0 radical (unpaired) electrons. The smallest absolute Gasteiger partial charge is 0.262 e. The highest BCUT2D eigenvalue weighted by Crippen LogP contribution is 2.36. The topological polar surface area (TPSA) is 76.2 Å². The van der Waals surface area contributed by atoms with Gasteiger partial charge in [0, 0.05) is 13.1 Å². The van der Waals surface area contributed by atoms with Gasteiger partial charge in [0.15, 0.2) is 11.5 Å². The molecule has 3 aliphatic heterocycles. The predicted octanol–water partition coefficient (Wildman–Crippen LogP) is 1.60. The van der Waals surface area contributed by atoms with Gasteiger partial charge in [0.25, 0.3) is 11.8 Å². The second kappa shape index (κ2) is 5.84. The van der Waals surface area contributed by atoms with E-state index < -0.39 is 11.8 Å². The van der Waals surface area contributed by atoms with Crippen LogP contribution in [0.15, 0.2) is 36.4 Å². The molecule has 0 saturated heterocycles. The van der Waals surface area contributed by atoms with E-state index in [2.05, 4.69) is 0 Å². The van der Waals surface area contributed by atoms with Gasteiger partial charge in [0.2, 0.25) is 12.7 Å². The first kappa shape index (κ1) is 15.9. The molecule has 0 aromatic heterocycles. The molecule has 0 saturated carbocycles. The molecule has 7 nitrogen and oxygen atoms in total. The van der Waals surface area contributed by atoms with E-state index >= 15 is 0 Å². The number of rotatable bonds is 2. The number of nitrogens with zero attached hydrogens (tertiary/aromatic N) is 2. The summed E-state index contributed by atoms with van der Waals surface area (Å²) in [6.45, 7) is 0.926. The van der Waals surface area contributed by atoms with Crippen LogP contribution >= 0.6 is 0 Å². The van der Waals surface area contributed by atoms with Gasteiger partial charge in [-0.05, 0) is 41.8 Å². The average molecular weight is 364 g/mol. The Hall–Kier alpha value is -3.35. The van der Waals surface area contributed by atoms with E-state index in [1.165, 1.54) is 0 Å². The van der Waals surface area contributed by atoms with Crippen molar-refractivity contribution in [2.45, 2.75) is 13.0 Å². The van der Waals surface area contributed by atoms with Crippen LogP contribution < -0.4 is 9.47 Å². The molecule has 0 unspecified atom stereocenters. The van der Waals surface area contributed by atoms with Crippen molar-refractivity contribution < 1.29 is 23.9 Å². The summed E-state index contributed by atoms with van der Waals surface area (Å²) < 4.78 is 10.8. The number of carbonyl (C=O) groups is 3. The highest BCUT2D eigenvalue weighted by atomic mass is 16.7. The summed E-state index contributed by atoms with van der Waals surface area (Å²) >= 11 is 0. The summed E-state index contributed by atoms with van der Waals surface area (Å²) in [7, 11) is 0. The SMILES string of the molecule is O=C(CN1C(=O)c2ccccc2C1=O)N1CCc2cc3c(cc2C1)OCO3. The van der Waals surface area contributed by atoms with Crippen LogP contribution in [0.5, 0.6) is 11.5 Å². The van der Waals surface area contributed by atoms with E-state index in [4.69, 9.17) is 9.47 Å². The fourth-order valence-corrected chi connectivity index (χ4v) is 3.78. The Labute approximate surface area is 155 Å². The standard InChI is InChI=1S/C20H16N2O5/c23-18(10-22-19(24)14-3-1-2-4-15(14)20(22)25)21-6-5-12-7-16-17(27-11-26-16)8-13(12)9-21/h1-4,7-8H,5-6,9-11H2. The molecule has 3 aliphatic rings. The summed E-state index contributed by atoms with van der Waals surface area (Å²) in [6, 6.07) is 10.5. The van der Waals surface area contributed by atoms with Crippen molar-refractivity contribution >= 4 is 17.7 Å². The molecule has 5 rings (SSSR count). The largest absolute Gasteiger partial charge is 0.454 e. The Morgan fingerprint density at radius 1 is 0.963 bits per heavy atom.